The molecule has 0 unspecified atom stereocenters. The average Bonchev–Trinajstić information content (AvgIpc) is 3.29. The van der Waals surface area contributed by atoms with E-state index >= 15 is 0 Å². The van der Waals surface area contributed by atoms with Gasteiger partial charge in [0.2, 0.25) is 0 Å². The van der Waals surface area contributed by atoms with Crippen LogP contribution in [-0.2, 0) is 11.3 Å². The highest BCUT2D eigenvalue weighted by Crippen LogP contribution is 2.48. The van der Waals surface area contributed by atoms with E-state index in [1.165, 1.54) is 24.3 Å². The maximum Gasteiger partial charge on any atom is 0.573 e. The fourth-order valence-corrected chi connectivity index (χ4v) is 2.32. The lowest BCUT2D eigenvalue weighted by molar-refractivity contribution is -0.274. The van der Waals surface area contributed by atoms with Gasteiger partial charge in [-0.3, -0.25) is 0 Å². The van der Waals surface area contributed by atoms with Gasteiger partial charge in [0.1, 0.15) is 5.75 Å². The lowest BCUT2D eigenvalue weighted by atomic mass is 10.0. The smallest absolute Gasteiger partial charge is 0.406 e. The Kier molecular flexibility index (Phi) is 8.26. The van der Waals surface area contributed by atoms with Crippen LogP contribution in [0.3, 0.4) is 0 Å². The Morgan fingerprint density at radius 2 is 1.92 bits per heavy atom. The van der Waals surface area contributed by atoms with Crippen LogP contribution >= 0.6 is 24.0 Å². The van der Waals surface area contributed by atoms with Crippen molar-refractivity contribution >= 4 is 29.9 Å². The number of benzene rings is 1. The number of hydrogen-bond donors (Lipinski definition) is 2. The van der Waals surface area contributed by atoms with Crippen molar-refractivity contribution in [1.29, 1.82) is 0 Å². The summed E-state index contributed by atoms with van der Waals surface area (Å²) in [5.41, 5.74) is 6.83. The molecule has 5 nitrogen and oxygen atoms in total. The summed E-state index contributed by atoms with van der Waals surface area (Å²) >= 11 is 0. The molecule has 0 saturated heterocycles. The molecule has 1 aliphatic rings. The Morgan fingerprint density at radius 1 is 1.28 bits per heavy atom. The summed E-state index contributed by atoms with van der Waals surface area (Å²) in [5.74, 6) is 0.0736. The second-order valence-electron chi connectivity index (χ2n) is 5.99. The van der Waals surface area contributed by atoms with Gasteiger partial charge in [0.25, 0.3) is 0 Å². The maximum atomic E-state index is 12.1. The topological polar surface area (TPSA) is 68.9 Å². The van der Waals surface area contributed by atoms with Crippen molar-refractivity contribution in [3.63, 3.8) is 0 Å². The Labute approximate surface area is 162 Å². The van der Waals surface area contributed by atoms with Crippen molar-refractivity contribution in [3.8, 4) is 5.75 Å². The Bertz CT molecular complexity index is 561. The number of methoxy groups -OCH3 is 1. The van der Waals surface area contributed by atoms with Crippen molar-refractivity contribution < 1.29 is 22.6 Å². The summed E-state index contributed by atoms with van der Waals surface area (Å²) in [4.78, 5) is 4.20. The summed E-state index contributed by atoms with van der Waals surface area (Å²) < 4.78 is 45.2. The number of nitrogens with zero attached hydrogens (tertiary/aromatic N) is 1. The third-order valence-electron chi connectivity index (χ3n) is 4.03. The van der Waals surface area contributed by atoms with Crippen LogP contribution in [-0.4, -0.2) is 32.6 Å². The van der Waals surface area contributed by atoms with E-state index in [-0.39, 0.29) is 41.7 Å². The number of alkyl halides is 3. The van der Waals surface area contributed by atoms with E-state index in [0.29, 0.717) is 5.96 Å². The number of aliphatic imine (C=N–C) groups is 1. The molecule has 3 N–H and O–H groups in total. The molecule has 0 aromatic heterocycles. The molecule has 1 fully saturated rings. The van der Waals surface area contributed by atoms with Crippen LogP contribution in [0.5, 0.6) is 5.75 Å². The van der Waals surface area contributed by atoms with Crippen LogP contribution in [0.1, 0.15) is 24.8 Å². The second kappa shape index (κ2) is 9.46. The molecule has 0 spiro atoms. The van der Waals surface area contributed by atoms with E-state index < -0.39 is 6.36 Å². The predicted molar refractivity (Wildman–Crippen MR) is 100 cm³/mol. The summed E-state index contributed by atoms with van der Waals surface area (Å²) in [5, 5.41) is 3.11. The van der Waals surface area contributed by atoms with Crippen molar-refractivity contribution in [2.24, 2.45) is 16.1 Å². The van der Waals surface area contributed by atoms with Gasteiger partial charge in [0.15, 0.2) is 5.96 Å². The molecule has 9 heteroatoms. The van der Waals surface area contributed by atoms with E-state index in [1.807, 2.05) is 0 Å². The zero-order valence-corrected chi connectivity index (χ0v) is 16.3. The third kappa shape index (κ3) is 8.13. The quantitative estimate of drug-likeness (QED) is 0.345. The van der Waals surface area contributed by atoms with Gasteiger partial charge in [-0.1, -0.05) is 12.1 Å². The monoisotopic (exact) mass is 473 g/mol. The molecule has 0 amide bonds. The van der Waals surface area contributed by atoms with Crippen molar-refractivity contribution in [2.45, 2.75) is 32.2 Å². The number of guanidine groups is 1. The first-order valence-electron chi connectivity index (χ1n) is 7.69. The highest BCUT2D eigenvalue weighted by Gasteiger charge is 2.41. The first kappa shape index (κ1) is 21.8. The van der Waals surface area contributed by atoms with Gasteiger partial charge in [0, 0.05) is 20.3 Å². The third-order valence-corrected chi connectivity index (χ3v) is 4.03. The van der Waals surface area contributed by atoms with E-state index in [2.05, 4.69) is 15.0 Å². The fraction of sp³-hybridized carbons (Fsp3) is 0.562. The minimum atomic E-state index is -4.68. The molecule has 0 aliphatic heterocycles. The van der Waals surface area contributed by atoms with Crippen molar-refractivity contribution in [1.82, 2.24) is 5.32 Å². The molecule has 1 saturated carbocycles. The first-order valence-corrected chi connectivity index (χ1v) is 7.69. The second-order valence-corrected chi connectivity index (χ2v) is 5.99. The number of ether oxygens (including phenoxy) is 2. The molecule has 0 radical (unpaired) electrons. The number of halogens is 4. The Balaban J connectivity index is 0.00000312. The van der Waals surface area contributed by atoms with E-state index in [1.54, 1.807) is 7.11 Å². The minimum Gasteiger partial charge on any atom is -0.406 e. The number of rotatable bonds is 8. The molecule has 0 heterocycles. The largest absolute Gasteiger partial charge is 0.573 e. The van der Waals surface area contributed by atoms with E-state index in [0.717, 1.165) is 38.0 Å². The first-order chi connectivity index (χ1) is 11.3. The zero-order valence-electron chi connectivity index (χ0n) is 13.9. The van der Waals surface area contributed by atoms with Crippen LogP contribution in [0, 0.1) is 5.41 Å². The lowest BCUT2D eigenvalue weighted by Crippen LogP contribution is -2.36. The van der Waals surface area contributed by atoms with E-state index in [4.69, 9.17) is 10.5 Å². The molecule has 1 aromatic carbocycles. The molecule has 1 aliphatic carbocycles. The van der Waals surface area contributed by atoms with Gasteiger partial charge in [-0.15, -0.1) is 37.1 Å². The molecule has 25 heavy (non-hydrogen) atoms. The molecular formula is C16H23F3IN3O2. The molecule has 2 rings (SSSR count). The van der Waals surface area contributed by atoms with Crippen LogP contribution in [0.4, 0.5) is 13.2 Å². The molecule has 0 atom stereocenters. The minimum absolute atomic E-state index is 0. The standard InChI is InChI=1S/C16H22F3N3O2.HI/c1-23-9-8-15(6-7-15)11-22-14(20)21-10-12-2-4-13(5-3-12)24-16(17,18)19;/h2-5H,6-11H2,1H3,(H3,20,21,22);1H. The lowest BCUT2D eigenvalue weighted by Gasteiger charge is -2.15. The molecular weight excluding hydrogens is 450 g/mol. The number of nitrogens with one attached hydrogen (secondary N) is 1. The van der Waals surface area contributed by atoms with E-state index in [9.17, 15) is 13.2 Å². The van der Waals surface area contributed by atoms with Gasteiger partial charge in [-0.25, -0.2) is 4.99 Å². The van der Waals surface area contributed by atoms with Crippen molar-refractivity contribution in [3.05, 3.63) is 29.8 Å². The van der Waals surface area contributed by atoms with Gasteiger partial charge in [-0.2, -0.15) is 0 Å². The molecule has 1 aromatic rings. The summed E-state index contributed by atoms with van der Waals surface area (Å²) in [6.45, 7) is 1.77. The molecule has 142 valence electrons. The predicted octanol–water partition coefficient (Wildman–Crippen LogP) is 3.42. The Hall–Kier alpha value is -1.23. The maximum absolute atomic E-state index is 12.1. The zero-order chi connectivity index (χ0) is 17.6. The summed E-state index contributed by atoms with van der Waals surface area (Å²) in [6, 6.07) is 5.56. The molecule has 0 bridgehead atoms. The van der Waals surface area contributed by atoms with Crippen molar-refractivity contribution in [2.75, 3.05) is 20.3 Å². The number of nitrogens with two attached hydrogens (primary N) is 1. The summed E-state index contributed by atoms with van der Waals surface area (Å²) in [6.07, 6.45) is -1.39. The fourth-order valence-electron chi connectivity index (χ4n) is 2.32. The van der Waals surface area contributed by atoms with Gasteiger partial charge >= 0.3 is 6.36 Å². The highest BCUT2D eigenvalue weighted by atomic mass is 127. The Morgan fingerprint density at radius 3 is 2.44 bits per heavy atom. The van der Waals surface area contributed by atoms with Gasteiger partial charge in [-0.05, 0) is 42.4 Å². The van der Waals surface area contributed by atoms with Crippen LogP contribution < -0.4 is 15.8 Å². The average molecular weight is 473 g/mol. The SMILES string of the molecule is COCCC1(CNC(N)=NCc2ccc(OC(F)(F)F)cc2)CC1.I. The number of hydrogen-bond acceptors (Lipinski definition) is 3. The highest BCUT2D eigenvalue weighted by molar-refractivity contribution is 14.0. The normalized spacial score (nSPS) is 16.1. The van der Waals surface area contributed by atoms with Crippen LogP contribution in [0.15, 0.2) is 29.3 Å². The van der Waals surface area contributed by atoms with Gasteiger partial charge in [0.05, 0.1) is 6.54 Å². The van der Waals surface area contributed by atoms with Gasteiger partial charge < -0.3 is 20.5 Å². The van der Waals surface area contributed by atoms with Crippen LogP contribution in [0.25, 0.3) is 0 Å². The van der Waals surface area contributed by atoms with Crippen LogP contribution in [0.2, 0.25) is 0 Å². The summed E-state index contributed by atoms with van der Waals surface area (Å²) in [7, 11) is 1.68.